The first-order valence-corrected chi connectivity index (χ1v) is 18.1. The number of anilines is 1. The molecule has 1 saturated heterocycles. The molecule has 1 atom stereocenters. The molecule has 46 heavy (non-hydrogen) atoms. The smallest absolute Gasteiger partial charge is 0.387 e. The lowest BCUT2D eigenvalue weighted by atomic mass is 10.0. The first-order chi connectivity index (χ1) is 21.9. The van der Waals surface area contributed by atoms with E-state index in [2.05, 4.69) is 9.64 Å². The number of alkyl halides is 2. The van der Waals surface area contributed by atoms with Crippen LogP contribution in [0.1, 0.15) is 52.6 Å². The second-order valence-electron chi connectivity index (χ2n) is 11.3. The van der Waals surface area contributed by atoms with Crippen LogP contribution in [0.5, 0.6) is 11.5 Å². The van der Waals surface area contributed by atoms with E-state index in [-0.39, 0.29) is 39.4 Å². The Hall–Kier alpha value is -2.91. The Morgan fingerprint density at radius 1 is 1.13 bits per heavy atom. The predicted octanol–water partition coefficient (Wildman–Crippen LogP) is 6.08. The molecule has 10 nitrogen and oxygen atoms in total. The van der Waals surface area contributed by atoms with E-state index in [0.29, 0.717) is 39.9 Å². The van der Waals surface area contributed by atoms with E-state index in [1.807, 2.05) is 0 Å². The molecule has 1 aromatic carbocycles. The van der Waals surface area contributed by atoms with Gasteiger partial charge in [-0.05, 0) is 74.5 Å². The minimum atomic E-state index is -3.64. The quantitative estimate of drug-likeness (QED) is 0.106. The maximum Gasteiger partial charge on any atom is 0.387 e. The lowest BCUT2D eigenvalue weighted by Gasteiger charge is -2.23. The standard InChI is InChI=1S/C30H33Cl2F2N3O7S2/c1-46(40,41)37(13-12-35-10-2-3-11-35)28-9-8-27(45-28)29(38)43-25(15-21-22(31)16-36(39)17-23(21)32)20-6-7-24(44-30(33)34)26(14-20)42-18-19-4-5-19/h6-9,14,16-17,19,25,30H,2-5,10-13,15,18H2,1H3/t25-/m0/s1. The average Bonchev–Trinajstić information content (AvgIpc) is 3.42. The van der Waals surface area contributed by atoms with Crippen LogP contribution in [0.25, 0.3) is 0 Å². The molecule has 16 heteroatoms. The SMILES string of the molecule is CS(=O)(=O)N(CCN1CCCC1)c1ccc(C(=O)O[C@@H](Cc2c(Cl)c[n+]([O-])cc2Cl)c2ccc(OC(F)F)c(OCC3CC3)c2)s1. The van der Waals surface area contributed by atoms with Crippen molar-refractivity contribution in [1.82, 2.24) is 4.90 Å². The summed E-state index contributed by atoms with van der Waals surface area (Å²) < 4.78 is 69.8. The minimum Gasteiger partial charge on any atom is -0.619 e. The maximum absolute atomic E-state index is 13.6. The van der Waals surface area contributed by atoms with E-state index < -0.39 is 28.7 Å². The lowest BCUT2D eigenvalue weighted by Crippen LogP contribution is -2.36. The molecule has 0 unspecified atom stereocenters. The van der Waals surface area contributed by atoms with Gasteiger partial charge in [-0.15, -0.1) is 11.3 Å². The van der Waals surface area contributed by atoms with Gasteiger partial charge < -0.3 is 24.3 Å². The molecule has 1 aliphatic heterocycles. The number of esters is 1. The van der Waals surface area contributed by atoms with Gasteiger partial charge in [0.05, 0.1) is 12.9 Å². The number of nitrogens with zero attached hydrogens (tertiary/aromatic N) is 3. The van der Waals surface area contributed by atoms with Crippen molar-refractivity contribution in [3.05, 3.63) is 74.0 Å². The van der Waals surface area contributed by atoms with Gasteiger partial charge in [0.1, 0.15) is 26.0 Å². The van der Waals surface area contributed by atoms with Gasteiger partial charge in [-0.1, -0.05) is 29.3 Å². The van der Waals surface area contributed by atoms with Gasteiger partial charge in [-0.2, -0.15) is 13.5 Å². The predicted molar refractivity (Wildman–Crippen MR) is 171 cm³/mol. The van der Waals surface area contributed by atoms with E-state index in [0.717, 1.165) is 68.8 Å². The Labute approximate surface area is 280 Å². The van der Waals surface area contributed by atoms with E-state index in [4.69, 9.17) is 32.7 Å². The molecule has 2 aliphatic rings. The number of halogens is 4. The summed E-state index contributed by atoms with van der Waals surface area (Å²) in [7, 11) is -3.64. The zero-order valence-corrected chi connectivity index (χ0v) is 28.0. The topological polar surface area (TPSA) is 112 Å². The highest BCUT2D eigenvalue weighted by Gasteiger charge is 2.28. The Morgan fingerprint density at radius 3 is 2.46 bits per heavy atom. The highest BCUT2D eigenvalue weighted by molar-refractivity contribution is 7.92. The molecule has 0 spiro atoms. The number of benzene rings is 1. The van der Waals surface area contributed by atoms with Crippen molar-refractivity contribution in [3.8, 4) is 11.5 Å². The average molecular weight is 721 g/mol. The van der Waals surface area contributed by atoms with Gasteiger partial charge in [0.25, 0.3) is 0 Å². The zero-order valence-electron chi connectivity index (χ0n) is 24.9. The van der Waals surface area contributed by atoms with E-state index >= 15 is 0 Å². The number of ether oxygens (including phenoxy) is 3. The summed E-state index contributed by atoms with van der Waals surface area (Å²) in [6, 6.07) is 7.26. The highest BCUT2D eigenvalue weighted by Crippen LogP contribution is 2.38. The van der Waals surface area contributed by atoms with Crippen molar-refractivity contribution in [2.45, 2.75) is 44.8 Å². The van der Waals surface area contributed by atoms with Crippen molar-refractivity contribution in [1.29, 1.82) is 0 Å². The lowest BCUT2D eigenvalue weighted by molar-refractivity contribution is -0.605. The number of thiophene rings is 1. The number of hydrogen-bond acceptors (Lipinski definition) is 9. The van der Waals surface area contributed by atoms with Gasteiger partial charge in [0, 0.05) is 25.1 Å². The molecule has 2 fully saturated rings. The zero-order chi connectivity index (χ0) is 33.0. The van der Waals surface area contributed by atoms with Gasteiger partial charge in [-0.25, -0.2) is 13.2 Å². The molecule has 0 radical (unpaired) electrons. The summed E-state index contributed by atoms with van der Waals surface area (Å²) in [5.41, 5.74) is 0.686. The van der Waals surface area contributed by atoms with Crippen LogP contribution >= 0.6 is 34.5 Å². The number of rotatable bonds is 15. The van der Waals surface area contributed by atoms with Crippen LogP contribution in [0.15, 0.2) is 42.7 Å². The summed E-state index contributed by atoms with van der Waals surface area (Å²) in [5, 5.41) is 12.3. The monoisotopic (exact) mass is 719 g/mol. The number of carbonyl (C=O) groups excluding carboxylic acids is 1. The van der Waals surface area contributed by atoms with Crippen molar-refractivity contribution in [2.24, 2.45) is 5.92 Å². The van der Waals surface area contributed by atoms with E-state index in [9.17, 15) is 27.2 Å². The third-order valence-electron chi connectivity index (χ3n) is 7.68. The first kappa shape index (κ1) is 34.4. The highest BCUT2D eigenvalue weighted by atomic mass is 35.5. The molecule has 0 bridgehead atoms. The van der Waals surface area contributed by atoms with Gasteiger partial charge in [0.2, 0.25) is 10.0 Å². The molecule has 250 valence electrons. The van der Waals surface area contributed by atoms with Crippen LogP contribution in [0.4, 0.5) is 13.8 Å². The number of sulfonamides is 1. The van der Waals surface area contributed by atoms with Crippen LogP contribution in [-0.2, 0) is 21.2 Å². The largest absolute Gasteiger partial charge is 0.619 e. The molecule has 1 saturated carbocycles. The molecular formula is C30H33Cl2F2N3O7S2. The second kappa shape index (κ2) is 14.9. The number of carbonyl (C=O) groups is 1. The Morgan fingerprint density at radius 2 is 1.83 bits per heavy atom. The number of pyridine rings is 1. The number of hydrogen-bond donors (Lipinski definition) is 0. The fraction of sp³-hybridized carbons (Fsp3) is 0.467. The summed E-state index contributed by atoms with van der Waals surface area (Å²) in [6.45, 7) is -0.164. The van der Waals surface area contributed by atoms with Crippen molar-refractivity contribution >= 4 is 55.5 Å². The van der Waals surface area contributed by atoms with Crippen molar-refractivity contribution < 1.29 is 40.9 Å². The maximum atomic E-state index is 13.6. The van der Waals surface area contributed by atoms with Gasteiger partial charge >= 0.3 is 12.6 Å². The van der Waals surface area contributed by atoms with E-state index in [1.165, 1.54) is 28.6 Å². The Kier molecular flexibility index (Phi) is 11.1. The molecule has 3 heterocycles. The second-order valence-corrected chi connectivity index (χ2v) is 15.0. The fourth-order valence-electron chi connectivity index (χ4n) is 5.10. The normalized spacial score (nSPS) is 16.0. The molecule has 0 amide bonds. The third kappa shape index (κ3) is 9.12. The first-order valence-electron chi connectivity index (χ1n) is 14.7. The van der Waals surface area contributed by atoms with Crippen LogP contribution in [0.2, 0.25) is 10.0 Å². The van der Waals surface area contributed by atoms with Gasteiger partial charge in [-0.3, -0.25) is 4.31 Å². The number of likely N-dealkylation sites (tertiary alicyclic amines) is 1. The molecule has 3 aromatic rings. The van der Waals surface area contributed by atoms with E-state index in [1.54, 1.807) is 6.07 Å². The number of aromatic nitrogens is 1. The molecule has 2 aromatic heterocycles. The van der Waals surface area contributed by atoms with Crippen LogP contribution in [0, 0.1) is 11.1 Å². The summed E-state index contributed by atoms with van der Waals surface area (Å²) in [4.78, 5) is 15.9. The molecule has 5 rings (SSSR count). The molecule has 1 aliphatic carbocycles. The van der Waals surface area contributed by atoms with Gasteiger partial charge in [0.15, 0.2) is 23.9 Å². The minimum absolute atomic E-state index is 0.0339. The Bertz CT molecular complexity index is 1630. The summed E-state index contributed by atoms with van der Waals surface area (Å²) in [6.07, 6.45) is 6.26. The summed E-state index contributed by atoms with van der Waals surface area (Å²) in [5.74, 6) is -0.573. The molecular weight excluding hydrogens is 687 g/mol. The summed E-state index contributed by atoms with van der Waals surface area (Å²) >= 11 is 13.7. The van der Waals surface area contributed by atoms with Crippen LogP contribution in [-0.4, -0.2) is 64.9 Å². The third-order valence-corrected chi connectivity index (χ3v) is 10.7. The fourth-order valence-corrected chi connectivity index (χ4v) is 7.84. The Balaban J connectivity index is 1.42. The van der Waals surface area contributed by atoms with Crippen LogP contribution in [0.3, 0.4) is 0 Å². The molecule has 0 N–H and O–H groups in total. The van der Waals surface area contributed by atoms with Crippen molar-refractivity contribution in [3.63, 3.8) is 0 Å². The van der Waals surface area contributed by atoms with Crippen molar-refractivity contribution in [2.75, 3.05) is 43.3 Å². The van der Waals surface area contributed by atoms with Crippen LogP contribution < -0.4 is 18.5 Å².